The van der Waals surface area contributed by atoms with Crippen LogP contribution in [0.4, 0.5) is 13.2 Å². The number of halogens is 3. The van der Waals surface area contributed by atoms with Gasteiger partial charge >= 0.3 is 12.1 Å². The average molecular weight is 389 g/mol. The highest BCUT2D eigenvalue weighted by Gasteiger charge is 2.38. The first kappa shape index (κ1) is 18.3. The molecule has 0 bridgehead atoms. The molecule has 0 unspecified atom stereocenters. The summed E-state index contributed by atoms with van der Waals surface area (Å²) in [5.74, 6) is -1.64. The van der Waals surface area contributed by atoms with E-state index >= 15 is 0 Å². The van der Waals surface area contributed by atoms with Crippen molar-refractivity contribution in [2.24, 2.45) is 0 Å². The van der Waals surface area contributed by atoms with Crippen LogP contribution in [0.5, 0.6) is 0 Å². The van der Waals surface area contributed by atoms with Crippen LogP contribution in [0.2, 0.25) is 0 Å². The highest BCUT2D eigenvalue weighted by molar-refractivity contribution is 7.89. The van der Waals surface area contributed by atoms with E-state index in [1.165, 1.54) is 19.3 Å². The zero-order chi connectivity index (χ0) is 18.9. The second-order valence-electron chi connectivity index (χ2n) is 5.36. The van der Waals surface area contributed by atoms with Gasteiger partial charge in [-0.1, -0.05) is 5.16 Å². The number of aromatic nitrogens is 4. The molecule has 2 heterocycles. The molecule has 0 saturated carbocycles. The summed E-state index contributed by atoms with van der Waals surface area (Å²) >= 11 is 0. The van der Waals surface area contributed by atoms with E-state index in [9.17, 15) is 21.6 Å². The average Bonchev–Trinajstić information content (AvgIpc) is 3.21. The van der Waals surface area contributed by atoms with Crippen LogP contribution in [0.15, 0.2) is 29.0 Å². The SMILES string of the molecule is CCS(=O)(=O)NCCn1cnc2ccc(-c3noc(C(F)(F)F)n3)cc21. The van der Waals surface area contributed by atoms with Gasteiger partial charge in [0.1, 0.15) is 0 Å². The van der Waals surface area contributed by atoms with Crippen molar-refractivity contribution in [3.05, 3.63) is 30.4 Å². The second kappa shape index (κ2) is 6.68. The molecular weight excluding hydrogens is 375 g/mol. The van der Waals surface area contributed by atoms with Gasteiger partial charge in [-0.2, -0.15) is 18.2 Å². The number of hydrogen-bond acceptors (Lipinski definition) is 6. The molecule has 3 rings (SSSR count). The van der Waals surface area contributed by atoms with Crippen LogP contribution in [0.3, 0.4) is 0 Å². The lowest BCUT2D eigenvalue weighted by Gasteiger charge is -2.06. The fourth-order valence-corrected chi connectivity index (χ4v) is 2.86. The van der Waals surface area contributed by atoms with E-state index in [2.05, 4.69) is 24.4 Å². The summed E-state index contributed by atoms with van der Waals surface area (Å²) in [6, 6.07) is 4.72. The monoisotopic (exact) mass is 389 g/mol. The molecule has 8 nitrogen and oxygen atoms in total. The quantitative estimate of drug-likeness (QED) is 0.692. The predicted octanol–water partition coefficient (Wildman–Crippen LogP) is 2.04. The van der Waals surface area contributed by atoms with Crippen molar-refractivity contribution in [1.29, 1.82) is 0 Å². The molecular formula is C14H14F3N5O3S. The molecule has 0 amide bonds. The number of sulfonamides is 1. The molecule has 3 aromatic rings. The third-order valence-corrected chi connectivity index (χ3v) is 5.01. The number of nitrogens with one attached hydrogen (secondary N) is 1. The van der Waals surface area contributed by atoms with Crippen molar-refractivity contribution in [3.8, 4) is 11.4 Å². The summed E-state index contributed by atoms with van der Waals surface area (Å²) in [5, 5.41) is 3.35. The van der Waals surface area contributed by atoms with Gasteiger partial charge in [-0.3, -0.25) is 0 Å². The van der Waals surface area contributed by atoms with E-state index in [1.54, 1.807) is 16.7 Å². The normalized spacial score (nSPS) is 12.8. The first-order valence-electron chi connectivity index (χ1n) is 7.53. The number of hydrogen-bond donors (Lipinski definition) is 1. The Labute approximate surface area is 146 Å². The molecule has 0 radical (unpaired) electrons. The van der Waals surface area contributed by atoms with Gasteiger partial charge in [-0.25, -0.2) is 18.1 Å². The summed E-state index contributed by atoms with van der Waals surface area (Å²) in [7, 11) is -3.31. The maximum atomic E-state index is 12.6. The molecule has 0 atom stereocenters. The van der Waals surface area contributed by atoms with Crippen molar-refractivity contribution in [2.75, 3.05) is 12.3 Å². The predicted molar refractivity (Wildman–Crippen MR) is 85.5 cm³/mol. The largest absolute Gasteiger partial charge is 0.471 e. The smallest absolute Gasteiger partial charge is 0.329 e. The number of imidazole rings is 1. The van der Waals surface area contributed by atoms with Crippen LogP contribution in [0.25, 0.3) is 22.4 Å². The molecule has 0 spiro atoms. The third-order valence-electron chi connectivity index (χ3n) is 3.60. The standard InChI is InChI=1S/C14H14F3N5O3S/c1-2-26(23,24)19-5-6-22-8-18-10-4-3-9(7-11(10)22)12-20-13(25-21-12)14(15,16)17/h3-4,7-8,19H,2,5-6H2,1H3. The Bertz CT molecular complexity index is 1030. The number of alkyl halides is 3. The van der Waals surface area contributed by atoms with E-state index in [4.69, 9.17) is 0 Å². The van der Waals surface area contributed by atoms with Crippen LogP contribution in [-0.4, -0.2) is 40.4 Å². The molecule has 0 fully saturated rings. The fourth-order valence-electron chi connectivity index (χ4n) is 2.25. The maximum Gasteiger partial charge on any atom is 0.471 e. The van der Waals surface area contributed by atoms with E-state index in [-0.39, 0.29) is 18.1 Å². The lowest BCUT2D eigenvalue weighted by atomic mass is 10.2. The Morgan fingerprint density at radius 2 is 2.08 bits per heavy atom. The number of nitrogens with zero attached hydrogens (tertiary/aromatic N) is 4. The Kier molecular flexibility index (Phi) is 4.71. The number of rotatable bonds is 6. The summed E-state index contributed by atoms with van der Waals surface area (Å²) in [4.78, 5) is 7.53. The van der Waals surface area contributed by atoms with Crippen molar-refractivity contribution in [3.63, 3.8) is 0 Å². The first-order valence-corrected chi connectivity index (χ1v) is 9.18. The van der Waals surface area contributed by atoms with E-state index in [0.29, 0.717) is 23.1 Å². The van der Waals surface area contributed by atoms with E-state index in [1.807, 2.05) is 0 Å². The highest BCUT2D eigenvalue weighted by atomic mass is 32.2. The third kappa shape index (κ3) is 3.85. The van der Waals surface area contributed by atoms with Gasteiger partial charge in [-0.05, 0) is 25.1 Å². The van der Waals surface area contributed by atoms with Crippen LogP contribution in [0, 0.1) is 0 Å². The zero-order valence-corrected chi connectivity index (χ0v) is 14.3. The molecule has 0 aliphatic rings. The molecule has 2 aromatic heterocycles. The van der Waals surface area contributed by atoms with Crippen molar-refractivity contribution >= 4 is 21.1 Å². The summed E-state index contributed by atoms with van der Waals surface area (Å²) < 4.78 is 69.0. The lowest BCUT2D eigenvalue weighted by molar-refractivity contribution is -0.159. The van der Waals surface area contributed by atoms with Crippen LogP contribution in [-0.2, 0) is 22.7 Å². The molecule has 12 heteroatoms. The van der Waals surface area contributed by atoms with Crippen molar-refractivity contribution in [2.45, 2.75) is 19.6 Å². The Balaban J connectivity index is 1.85. The number of fused-ring (bicyclic) bond motifs is 1. The molecule has 0 aliphatic heterocycles. The zero-order valence-electron chi connectivity index (χ0n) is 13.5. The van der Waals surface area contributed by atoms with Gasteiger partial charge in [0, 0.05) is 18.7 Å². The Morgan fingerprint density at radius 1 is 1.31 bits per heavy atom. The molecule has 26 heavy (non-hydrogen) atoms. The van der Waals surface area contributed by atoms with Crippen LogP contribution in [0.1, 0.15) is 12.8 Å². The summed E-state index contributed by atoms with van der Waals surface area (Å²) in [6.45, 7) is 1.99. The summed E-state index contributed by atoms with van der Waals surface area (Å²) in [5.41, 5.74) is 1.54. The highest BCUT2D eigenvalue weighted by Crippen LogP contribution is 2.30. The Morgan fingerprint density at radius 3 is 2.73 bits per heavy atom. The van der Waals surface area contributed by atoms with Gasteiger partial charge in [0.15, 0.2) is 0 Å². The first-order chi connectivity index (χ1) is 12.2. The molecule has 140 valence electrons. The lowest BCUT2D eigenvalue weighted by Crippen LogP contribution is -2.28. The minimum absolute atomic E-state index is 0.0266. The topological polar surface area (TPSA) is 103 Å². The minimum atomic E-state index is -4.71. The van der Waals surface area contributed by atoms with Gasteiger partial charge < -0.3 is 9.09 Å². The molecule has 1 aromatic carbocycles. The van der Waals surface area contributed by atoms with Crippen LogP contribution < -0.4 is 4.72 Å². The van der Waals surface area contributed by atoms with E-state index in [0.717, 1.165) is 0 Å². The molecule has 0 saturated heterocycles. The van der Waals surface area contributed by atoms with Gasteiger partial charge in [0.2, 0.25) is 15.8 Å². The van der Waals surface area contributed by atoms with Crippen molar-refractivity contribution < 1.29 is 26.1 Å². The second-order valence-corrected chi connectivity index (χ2v) is 7.46. The minimum Gasteiger partial charge on any atom is -0.329 e. The van der Waals surface area contributed by atoms with Gasteiger partial charge in [-0.15, -0.1) is 0 Å². The number of benzene rings is 1. The summed E-state index contributed by atoms with van der Waals surface area (Å²) in [6.07, 6.45) is -3.19. The van der Waals surface area contributed by atoms with E-state index < -0.39 is 22.1 Å². The van der Waals surface area contributed by atoms with Crippen LogP contribution >= 0.6 is 0 Å². The van der Waals surface area contributed by atoms with Crippen molar-refractivity contribution in [1.82, 2.24) is 24.4 Å². The van der Waals surface area contributed by atoms with Gasteiger partial charge in [0.25, 0.3) is 0 Å². The fraction of sp³-hybridized carbons (Fsp3) is 0.357. The molecule has 0 aliphatic carbocycles. The molecule has 1 N–H and O–H groups in total. The Hall–Kier alpha value is -2.47. The van der Waals surface area contributed by atoms with Gasteiger partial charge in [0.05, 0.1) is 23.1 Å². The maximum absolute atomic E-state index is 12.6.